The summed E-state index contributed by atoms with van der Waals surface area (Å²) in [4.78, 5) is 0. The molecule has 378 valence electrons. The number of fused-ring (bicyclic) bond motifs is 21. The number of hydrogen-bond acceptors (Lipinski definition) is 0. The normalized spacial score (nSPS) is 14.8. The fourth-order valence-corrected chi connectivity index (χ4v) is 14.7. The summed E-state index contributed by atoms with van der Waals surface area (Å²) in [5.74, 6) is 0.576. The number of allylic oxidation sites excluding steroid dienone is 10. The van der Waals surface area contributed by atoms with Crippen LogP contribution in [0.15, 0.2) is 278 Å². The minimum Gasteiger partial charge on any atom is -0.0726 e. The van der Waals surface area contributed by atoms with E-state index >= 15 is 0 Å². The number of benzene rings is 12. The Morgan fingerprint density at radius 1 is 0.325 bits per heavy atom. The lowest BCUT2D eigenvalue weighted by Crippen LogP contribution is -2.32. The van der Waals surface area contributed by atoms with Crippen LogP contribution in [-0.4, -0.2) is 0 Å². The van der Waals surface area contributed by atoms with Crippen molar-refractivity contribution in [1.29, 1.82) is 0 Å². The van der Waals surface area contributed by atoms with E-state index in [-0.39, 0.29) is 5.92 Å². The van der Waals surface area contributed by atoms with Crippen LogP contribution in [0.25, 0.3) is 109 Å². The van der Waals surface area contributed by atoms with Crippen LogP contribution in [-0.2, 0) is 5.41 Å². The summed E-state index contributed by atoms with van der Waals surface area (Å²) < 4.78 is 0. The van der Waals surface area contributed by atoms with Gasteiger partial charge in [-0.3, -0.25) is 0 Å². The molecule has 0 heteroatoms. The van der Waals surface area contributed by atoms with Crippen LogP contribution >= 0.6 is 0 Å². The second-order valence-corrected chi connectivity index (χ2v) is 23.4. The molecule has 12 aromatic carbocycles. The predicted octanol–water partition coefficient (Wildman–Crippen LogP) is 21.4. The Morgan fingerprint density at radius 3 is 0.900 bits per heavy atom. The highest BCUT2D eigenvalue weighted by molar-refractivity contribution is 6.21. The van der Waals surface area contributed by atoms with E-state index in [4.69, 9.17) is 0 Å². The standard InChI is InChI=1S/C80H58/c1-48(2)57-29-30-58(49(3)4)46-59(45-57)80(72-41-35-55-21-9-15-27-64(55)78(72)79-65-28-16-10-22-56(65)36-42-73(79)80)47-50(43-70-66-37-31-51-17-5-11-23-60(51)74(66)75-61-24-12-6-18-52(61)32-38-67(70)75)44-71-68-39-33-53-19-7-13-25-62(53)76(68)77-63-26-14-8-20-54(63)34-40-69(71)77/h5-49,59H,1-4H3. The number of rotatable bonds is 6. The molecule has 4 aliphatic rings. The summed E-state index contributed by atoms with van der Waals surface area (Å²) in [7, 11) is 0. The summed E-state index contributed by atoms with van der Waals surface area (Å²) >= 11 is 0. The van der Waals surface area contributed by atoms with Crippen molar-refractivity contribution in [3.8, 4) is 33.4 Å². The first-order valence-corrected chi connectivity index (χ1v) is 28.7. The highest BCUT2D eigenvalue weighted by Crippen LogP contribution is 2.61. The molecule has 12 aromatic rings. The van der Waals surface area contributed by atoms with Gasteiger partial charge in [-0.05, 0) is 183 Å². The molecule has 0 aromatic heterocycles. The van der Waals surface area contributed by atoms with Gasteiger partial charge in [-0.1, -0.05) is 276 Å². The van der Waals surface area contributed by atoms with Crippen LogP contribution in [0.2, 0.25) is 0 Å². The quantitative estimate of drug-likeness (QED) is 0.156. The maximum absolute atomic E-state index is 2.75. The molecule has 0 radical (unpaired) electrons. The largest absolute Gasteiger partial charge is 0.0726 e. The van der Waals surface area contributed by atoms with Gasteiger partial charge >= 0.3 is 0 Å². The molecule has 0 saturated carbocycles. The summed E-state index contributed by atoms with van der Waals surface area (Å²) in [6.07, 6.45) is 18.1. The van der Waals surface area contributed by atoms with Crippen molar-refractivity contribution in [3.63, 3.8) is 0 Å². The smallest absolute Gasteiger partial charge is 0.0500 e. The monoisotopic (exact) mass is 1020 g/mol. The highest BCUT2D eigenvalue weighted by Gasteiger charge is 2.48. The van der Waals surface area contributed by atoms with Crippen LogP contribution < -0.4 is 0 Å². The fraction of sp³-hybridized carbons (Fsp3) is 0.100. The third-order valence-corrected chi connectivity index (χ3v) is 18.5. The van der Waals surface area contributed by atoms with Gasteiger partial charge in [0.15, 0.2) is 0 Å². The number of hydrogen-bond donors (Lipinski definition) is 0. The zero-order valence-electron chi connectivity index (χ0n) is 45.6. The van der Waals surface area contributed by atoms with E-state index in [0.29, 0.717) is 11.8 Å². The SMILES string of the molecule is CC(C)C1=CC(C2(C=C(C=C3c4ccc5ccccc5c4-c4c3ccc3ccccc43)C=C3c4ccc5ccccc5c4-c4c3ccc3ccccc43)c3ccc4ccccc4c3-c3c2ccc2ccccc32)C=C(C(C)C)C=C1. The van der Waals surface area contributed by atoms with Crippen LogP contribution in [0.4, 0.5) is 0 Å². The van der Waals surface area contributed by atoms with Gasteiger partial charge < -0.3 is 0 Å². The van der Waals surface area contributed by atoms with Crippen molar-refractivity contribution in [1.82, 2.24) is 0 Å². The molecular formula is C80H58. The Balaban J connectivity index is 1.10. The minimum atomic E-state index is -0.678. The average Bonchev–Trinajstić information content (AvgIpc) is 4.26. The maximum Gasteiger partial charge on any atom is 0.0500 e. The minimum absolute atomic E-state index is 0.0616. The van der Waals surface area contributed by atoms with E-state index in [1.54, 1.807) is 0 Å². The van der Waals surface area contributed by atoms with Gasteiger partial charge in [-0.15, -0.1) is 0 Å². The Hall–Kier alpha value is -9.36. The van der Waals surface area contributed by atoms with Crippen LogP contribution in [0, 0.1) is 17.8 Å². The van der Waals surface area contributed by atoms with E-state index in [0.717, 1.165) is 0 Å². The van der Waals surface area contributed by atoms with Gasteiger partial charge in [0.2, 0.25) is 0 Å². The Bertz CT molecular complexity index is 4400. The van der Waals surface area contributed by atoms with Gasteiger partial charge in [-0.25, -0.2) is 0 Å². The van der Waals surface area contributed by atoms with Gasteiger partial charge in [0.25, 0.3) is 0 Å². The topological polar surface area (TPSA) is 0 Å². The lowest BCUT2D eigenvalue weighted by molar-refractivity contribution is 0.545. The second kappa shape index (κ2) is 17.8. The van der Waals surface area contributed by atoms with Crippen LogP contribution in [0.3, 0.4) is 0 Å². The first kappa shape index (κ1) is 46.7. The first-order chi connectivity index (χ1) is 39.3. The fourth-order valence-electron chi connectivity index (χ4n) is 14.7. The van der Waals surface area contributed by atoms with Gasteiger partial charge in [0.05, 0.1) is 5.41 Å². The summed E-state index contributed by atoms with van der Waals surface area (Å²) in [5.41, 5.74) is 21.4. The lowest BCUT2D eigenvalue weighted by Gasteiger charge is -2.36. The first-order valence-electron chi connectivity index (χ1n) is 28.7. The molecule has 0 heterocycles. The second-order valence-electron chi connectivity index (χ2n) is 23.4. The molecule has 0 bridgehead atoms. The zero-order valence-corrected chi connectivity index (χ0v) is 45.6. The molecule has 0 fully saturated rings. The Labute approximate surface area is 468 Å². The van der Waals surface area contributed by atoms with E-state index in [2.05, 4.69) is 289 Å². The van der Waals surface area contributed by atoms with Gasteiger partial charge in [0, 0.05) is 5.92 Å². The van der Waals surface area contributed by atoms with Crippen LogP contribution in [0.5, 0.6) is 0 Å². The molecule has 0 unspecified atom stereocenters. The maximum atomic E-state index is 2.75. The van der Waals surface area contributed by atoms with E-state index in [1.165, 1.54) is 159 Å². The summed E-state index contributed by atoms with van der Waals surface area (Å²) in [5, 5.41) is 15.2. The summed E-state index contributed by atoms with van der Waals surface area (Å²) in [6.45, 7) is 9.44. The molecule has 0 N–H and O–H groups in total. The van der Waals surface area contributed by atoms with Crippen molar-refractivity contribution >= 4 is 75.8 Å². The Morgan fingerprint density at radius 2 is 0.600 bits per heavy atom. The van der Waals surface area contributed by atoms with Gasteiger partial charge in [-0.2, -0.15) is 0 Å². The predicted molar refractivity (Wildman–Crippen MR) is 342 cm³/mol. The Kier molecular flexibility index (Phi) is 10.4. The molecular weight excluding hydrogens is 961 g/mol. The van der Waals surface area contributed by atoms with E-state index < -0.39 is 5.41 Å². The van der Waals surface area contributed by atoms with Crippen molar-refractivity contribution in [2.24, 2.45) is 17.8 Å². The van der Waals surface area contributed by atoms with Crippen molar-refractivity contribution < 1.29 is 0 Å². The third-order valence-electron chi connectivity index (χ3n) is 18.5. The van der Waals surface area contributed by atoms with Crippen molar-refractivity contribution in [2.45, 2.75) is 33.1 Å². The van der Waals surface area contributed by atoms with E-state index in [9.17, 15) is 0 Å². The molecule has 0 aliphatic heterocycles. The molecule has 80 heavy (non-hydrogen) atoms. The highest BCUT2D eigenvalue weighted by atomic mass is 14.5. The van der Waals surface area contributed by atoms with Gasteiger partial charge in [0.1, 0.15) is 0 Å². The molecule has 0 saturated heterocycles. The molecule has 0 amide bonds. The van der Waals surface area contributed by atoms with Crippen molar-refractivity contribution in [2.75, 3.05) is 0 Å². The summed E-state index contributed by atoms with van der Waals surface area (Å²) in [6, 6.07) is 82.9. The van der Waals surface area contributed by atoms with Crippen molar-refractivity contribution in [3.05, 3.63) is 311 Å². The lowest BCUT2D eigenvalue weighted by atomic mass is 9.65. The zero-order chi connectivity index (χ0) is 53.4. The molecule has 0 spiro atoms. The van der Waals surface area contributed by atoms with Crippen LogP contribution in [0.1, 0.15) is 61.1 Å². The molecule has 16 rings (SSSR count). The molecule has 0 atom stereocenters. The molecule has 0 nitrogen and oxygen atoms in total. The van der Waals surface area contributed by atoms with E-state index in [1.807, 2.05) is 0 Å². The third kappa shape index (κ3) is 6.82. The molecule has 4 aliphatic carbocycles. The average molecular weight is 1020 g/mol.